The number of benzene rings is 1. The van der Waals surface area contributed by atoms with Crippen LogP contribution in [0, 0.1) is 5.82 Å². The SMILES string of the molecule is O=C(Nc1nc(-c2ccc(Br)s2)cs1)C1CCCN1S(=O)(=O)c1ccc(F)cc1. The van der Waals surface area contributed by atoms with Crippen LogP contribution in [-0.2, 0) is 14.8 Å². The minimum Gasteiger partial charge on any atom is -0.301 e. The highest BCUT2D eigenvalue weighted by Crippen LogP contribution is 2.33. The Labute approximate surface area is 183 Å². The molecule has 1 fully saturated rings. The number of carbonyl (C=O) groups excluding carboxylic acids is 1. The van der Waals surface area contributed by atoms with Crippen molar-refractivity contribution in [3.05, 3.63) is 51.4 Å². The van der Waals surface area contributed by atoms with E-state index in [0.29, 0.717) is 18.0 Å². The van der Waals surface area contributed by atoms with Crippen molar-refractivity contribution in [2.24, 2.45) is 0 Å². The van der Waals surface area contributed by atoms with E-state index in [2.05, 4.69) is 26.2 Å². The highest BCUT2D eigenvalue weighted by Gasteiger charge is 2.39. The number of rotatable bonds is 5. The first kappa shape index (κ1) is 20.6. The van der Waals surface area contributed by atoms with Gasteiger partial charge in [-0.1, -0.05) is 0 Å². The van der Waals surface area contributed by atoms with Crippen LogP contribution in [-0.4, -0.2) is 36.2 Å². The third-order valence-electron chi connectivity index (χ3n) is 4.49. The van der Waals surface area contributed by atoms with Gasteiger partial charge in [0.25, 0.3) is 0 Å². The third-order valence-corrected chi connectivity index (χ3v) is 8.81. The number of nitrogens with zero attached hydrogens (tertiary/aromatic N) is 2. The molecule has 4 rings (SSSR count). The summed E-state index contributed by atoms with van der Waals surface area (Å²) in [7, 11) is -3.89. The molecule has 2 aromatic heterocycles. The zero-order chi connectivity index (χ0) is 20.6. The number of sulfonamides is 1. The Morgan fingerprint density at radius 1 is 1.24 bits per heavy atom. The highest BCUT2D eigenvalue weighted by atomic mass is 79.9. The predicted octanol–water partition coefficient (Wildman–Crippen LogP) is 4.57. The Bertz CT molecular complexity index is 1140. The topological polar surface area (TPSA) is 79.4 Å². The van der Waals surface area contributed by atoms with Crippen molar-refractivity contribution < 1.29 is 17.6 Å². The van der Waals surface area contributed by atoms with Gasteiger partial charge >= 0.3 is 0 Å². The molecule has 29 heavy (non-hydrogen) atoms. The summed E-state index contributed by atoms with van der Waals surface area (Å²) in [6, 6.07) is 7.65. The van der Waals surface area contributed by atoms with Gasteiger partial charge in [-0.05, 0) is 65.2 Å². The maximum atomic E-state index is 13.1. The van der Waals surface area contributed by atoms with Crippen molar-refractivity contribution in [3.63, 3.8) is 0 Å². The van der Waals surface area contributed by atoms with E-state index in [4.69, 9.17) is 0 Å². The Morgan fingerprint density at radius 3 is 2.69 bits per heavy atom. The van der Waals surface area contributed by atoms with Gasteiger partial charge in [-0.2, -0.15) is 4.31 Å². The van der Waals surface area contributed by atoms with Gasteiger partial charge in [0, 0.05) is 11.9 Å². The molecule has 1 atom stereocenters. The lowest BCUT2D eigenvalue weighted by atomic mass is 10.2. The number of hydrogen-bond acceptors (Lipinski definition) is 6. The number of nitrogens with one attached hydrogen (secondary N) is 1. The first-order chi connectivity index (χ1) is 13.8. The molecule has 0 bridgehead atoms. The van der Waals surface area contributed by atoms with E-state index in [0.717, 1.165) is 26.5 Å². The standard InChI is InChI=1S/C18H15BrFN3O3S3/c19-16-8-7-15(28-16)13-10-27-18(21-13)22-17(24)14-2-1-9-23(14)29(25,26)12-5-3-11(20)4-6-12/h3-8,10,14H,1-2,9H2,(H,21,22,24). The predicted molar refractivity (Wildman–Crippen MR) is 115 cm³/mol. The summed E-state index contributed by atoms with van der Waals surface area (Å²) in [6.07, 6.45) is 0.993. The number of carbonyl (C=O) groups is 1. The molecule has 0 aliphatic carbocycles. The van der Waals surface area contributed by atoms with E-state index in [9.17, 15) is 17.6 Å². The fraction of sp³-hybridized carbons (Fsp3) is 0.222. The first-order valence-corrected chi connectivity index (χ1v) is 12.6. The lowest BCUT2D eigenvalue weighted by Crippen LogP contribution is -2.43. The van der Waals surface area contributed by atoms with Crippen molar-refractivity contribution in [1.29, 1.82) is 0 Å². The van der Waals surface area contributed by atoms with Crippen molar-refractivity contribution in [1.82, 2.24) is 9.29 Å². The summed E-state index contributed by atoms with van der Waals surface area (Å²) >= 11 is 6.23. The lowest BCUT2D eigenvalue weighted by Gasteiger charge is -2.23. The van der Waals surface area contributed by atoms with Gasteiger partial charge in [-0.15, -0.1) is 22.7 Å². The van der Waals surface area contributed by atoms with Crippen molar-refractivity contribution in [3.8, 4) is 10.6 Å². The van der Waals surface area contributed by atoms with E-state index < -0.39 is 27.8 Å². The number of halogens is 2. The molecule has 1 N–H and O–H groups in total. The molecule has 1 amide bonds. The monoisotopic (exact) mass is 515 g/mol. The third kappa shape index (κ3) is 4.29. The zero-order valence-electron chi connectivity index (χ0n) is 14.8. The van der Waals surface area contributed by atoms with E-state index >= 15 is 0 Å². The maximum absolute atomic E-state index is 13.1. The molecule has 1 aliphatic heterocycles. The quantitative estimate of drug-likeness (QED) is 0.539. The number of anilines is 1. The fourth-order valence-corrected chi connectivity index (χ4v) is 6.91. The Morgan fingerprint density at radius 2 is 2.00 bits per heavy atom. The van der Waals surface area contributed by atoms with Gasteiger partial charge in [0.2, 0.25) is 15.9 Å². The van der Waals surface area contributed by atoms with E-state index in [-0.39, 0.29) is 11.4 Å². The van der Waals surface area contributed by atoms with Crippen LogP contribution in [0.5, 0.6) is 0 Å². The second-order valence-corrected chi connectivity index (χ2v) is 11.6. The minimum absolute atomic E-state index is 0.0293. The average Bonchev–Trinajstić information content (AvgIpc) is 3.42. The van der Waals surface area contributed by atoms with Crippen molar-refractivity contribution in [2.45, 2.75) is 23.8 Å². The van der Waals surface area contributed by atoms with Crippen molar-refractivity contribution in [2.75, 3.05) is 11.9 Å². The Balaban J connectivity index is 1.51. The summed E-state index contributed by atoms with van der Waals surface area (Å²) in [5.74, 6) is -0.932. The molecule has 0 radical (unpaired) electrons. The van der Waals surface area contributed by atoms with Crippen LogP contribution in [0.1, 0.15) is 12.8 Å². The minimum atomic E-state index is -3.89. The van der Waals surface area contributed by atoms with Gasteiger partial charge < -0.3 is 5.32 Å². The van der Waals surface area contributed by atoms with Crippen LogP contribution in [0.15, 0.2) is 50.5 Å². The second kappa shape index (κ2) is 8.23. The Hall–Kier alpha value is -1.66. The molecule has 1 saturated heterocycles. The van der Waals surface area contributed by atoms with Gasteiger partial charge in [0.1, 0.15) is 11.9 Å². The van der Waals surface area contributed by atoms with Crippen LogP contribution < -0.4 is 5.32 Å². The number of thiophene rings is 1. The molecule has 1 unspecified atom stereocenters. The normalized spacial score (nSPS) is 17.5. The maximum Gasteiger partial charge on any atom is 0.244 e. The first-order valence-electron chi connectivity index (χ1n) is 8.64. The van der Waals surface area contributed by atoms with E-state index in [1.165, 1.54) is 39.1 Å². The molecular formula is C18H15BrFN3O3S3. The largest absolute Gasteiger partial charge is 0.301 e. The molecule has 1 aromatic carbocycles. The molecule has 0 saturated carbocycles. The number of aromatic nitrogens is 1. The average molecular weight is 516 g/mol. The Kier molecular flexibility index (Phi) is 5.85. The molecule has 3 aromatic rings. The summed E-state index contributed by atoms with van der Waals surface area (Å²) in [5.41, 5.74) is 0.753. The molecule has 3 heterocycles. The van der Waals surface area contributed by atoms with Gasteiger partial charge in [-0.25, -0.2) is 17.8 Å². The van der Waals surface area contributed by atoms with Crippen LogP contribution in [0.2, 0.25) is 0 Å². The van der Waals surface area contributed by atoms with Gasteiger partial charge in [-0.3, -0.25) is 4.79 Å². The number of thiazole rings is 1. The number of amides is 1. The highest BCUT2D eigenvalue weighted by molar-refractivity contribution is 9.11. The molecule has 6 nitrogen and oxygen atoms in total. The van der Waals surface area contributed by atoms with Crippen LogP contribution >= 0.6 is 38.6 Å². The summed E-state index contributed by atoms with van der Waals surface area (Å²) in [5, 5.41) is 5.00. The molecule has 11 heteroatoms. The lowest BCUT2D eigenvalue weighted by molar-refractivity contribution is -0.119. The van der Waals surface area contributed by atoms with Crippen LogP contribution in [0.3, 0.4) is 0 Å². The molecule has 1 aliphatic rings. The smallest absolute Gasteiger partial charge is 0.244 e. The van der Waals surface area contributed by atoms with Gasteiger partial charge in [0.05, 0.1) is 19.3 Å². The van der Waals surface area contributed by atoms with E-state index in [1.54, 1.807) is 0 Å². The zero-order valence-corrected chi connectivity index (χ0v) is 18.9. The fourth-order valence-electron chi connectivity index (χ4n) is 3.12. The molecule has 152 valence electrons. The summed E-state index contributed by atoms with van der Waals surface area (Å²) in [4.78, 5) is 18.2. The molecule has 0 spiro atoms. The van der Waals surface area contributed by atoms with Crippen molar-refractivity contribution >= 4 is 59.7 Å². The number of hydrogen-bond donors (Lipinski definition) is 1. The summed E-state index contributed by atoms with van der Waals surface area (Å²) in [6.45, 7) is 0.240. The molecular weight excluding hydrogens is 501 g/mol. The van der Waals surface area contributed by atoms with Gasteiger partial charge in [0.15, 0.2) is 5.13 Å². The van der Waals surface area contributed by atoms with Crippen LogP contribution in [0.4, 0.5) is 9.52 Å². The van der Waals surface area contributed by atoms with E-state index in [1.807, 2.05) is 17.5 Å². The second-order valence-electron chi connectivity index (χ2n) is 6.36. The van der Waals surface area contributed by atoms with Crippen LogP contribution in [0.25, 0.3) is 10.6 Å². The summed E-state index contributed by atoms with van der Waals surface area (Å²) < 4.78 is 41.1.